The van der Waals surface area contributed by atoms with E-state index in [0.717, 1.165) is 9.87 Å². The zero-order valence-electron chi connectivity index (χ0n) is 19.1. The predicted octanol–water partition coefficient (Wildman–Crippen LogP) is 2.21. The van der Waals surface area contributed by atoms with Gasteiger partial charge >= 0.3 is 0 Å². The number of sulfonamides is 2. The lowest BCUT2D eigenvalue weighted by Gasteiger charge is -2.32. The summed E-state index contributed by atoms with van der Waals surface area (Å²) in [7, 11) is -4.17. The van der Waals surface area contributed by atoms with Gasteiger partial charge in [0.1, 0.15) is 5.82 Å². The Morgan fingerprint density at radius 3 is 2.26 bits per heavy atom. The van der Waals surface area contributed by atoms with E-state index < -0.39 is 25.9 Å². The number of benzene rings is 2. The van der Waals surface area contributed by atoms with Crippen molar-refractivity contribution in [2.75, 3.05) is 38.6 Å². The van der Waals surface area contributed by atoms with Crippen LogP contribution in [-0.2, 0) is 37.0 Å². The number of rotatable bonds is 6. The Balaban J connectivity index is 1.40. The molecule has 34 heavy (non-hydrogen) atoms. The first kappa shape index (κ1) is 24.8. The minimum Gasteiger partial charge on any atom is -0.312 e. The molecular weight excluding hydrogens is 481 g/mol. The topological polar surface area (TPSA) is 95.1 Å². The summed E-state index contributed by atoms with van der Waals surface area (Å²) >= 11 is 0. The molecule has 0 radical (unpaired) electrons. The van der Waals surface area contributed by atoms with Gasteiger partial charge in [-0.05, 0) is 60.7 Å². The number of anilines is 1. The van der Waals surface area contributed by atoms with Gasteiger partial charge in [0.05, 0.1) is 10.6 Å². The fourth-order valence-electron chi connectivity index (χ4n) is 4.46. The zero-order valence-corrected chi connectivity index (χ0v) is 20.8. The largest absolute Gasteiger partial charge is 0.312 e. The van der Waals surface area contributed by atoms with Crippen LogP contribution in [0, 0.1) is 11.7 Å². The monoisotopic (exact) mass is 509 g/mol. The highest BCUT2D eigenvalue weighted by Crippen LogP contribution is 2.33. The van der Waals surface area contributed by atoms with Crippen molar-refractivity contribution in [3.63, 3.8) is 0 Å². The van der Waals surface area contributed by atoms with Crippen LogP contribution >= 0.6 is 0 Å². The standard InChI is InChI=1S/C23H28FN3O5S2/c1-25(2)34(31,32)21-7-8-22-19(15-21)11-14-27(22)23(28)18-9-12-26(13-10-18)33(29,30)16-17-3-5-20(24)6-4-17/h3-8,15,18H,9-14,16H2,1-2H3. The Morgan fingerprint density at radius 1 is 1.00 bits per heavy atom. The first-order valence-electron chi connectivity index (χ1n) is 11.1. The van der Waals surface area contributed by atoms with Gasteiger partial charge in [-0.1, -0.05) is 12.1 Å². The second-order valence-electron chi connectivity index (χ2n) is 8.87. The summed E-state index contributed by atoms with van der Waals surface area (Å²) in [5.41, 5.74) is 2.05. The molecule has 184 valence electrons. The van der Waals surface area contributed by atoms with Gasteiger partial charge < -0.3 is 4.90 Å². The number of hydrogen-bond acceptors (Lipinski definition) is 5. The molecule has 1 amide bonds. The Morgan fingerprint density at radius 2 is 1.65 bits per heavy atom. The van der Waals surface area contributed by atoms with Gasteiger partial charge in [-0.2, -0.15) is 0 Å². The molecule has 2 aliphatic heterocycles. The van der Waals surface area contributed by atoms with Crippen molar-refractivity contribution in [1.29, 1.82) is 0 Å². The highest BCUT2D eigenvalue weighted by molar-refractivity contribution is 7.89. The average molecular weight is 510 g/mol. The lowest BCUT2D eigenvalue weighted by Crippen LogP contribution is -2.44. The van der Waals surface area contributed by atoms with E-state index in [1.165, 1.54) is 48.7 Å². The molecule has 0 spiro atoms. The van der Waals surface area contributed by atoms with Gasteiger partial charge in [0.2, 0.25) is 26.0 Å². The maximum Gasteiger partial charge on any atom is 0.242 e. The molecule has 8 nitrogen and oxygen atoms in total. The van der Waals surface area contributed by atoms with Crippen molar-refractivity contribution in [3.05, 3.63) is 59.4 Å². The van der Waals surface area contributed by atoms with Gasteiger partial charge in [-0.25, -0.2) is 29.8 Å². The molecule has 0 aliphatic carbocycles. The van der Waals surface area contributed by atoms with Crippen LogP contribution in [-0.4, -0.2) is 65.1 Å². The van der Waals surface area contributed by atoms with Gasteiger partial charge in [0.15, 0.2) is 0 Å². The summed E-state index contributed by atoms with van der Waals surface area (Å²) in [6.07, 6.45) is 1.41. The minimum absolute atomic E-state index is 0.0578. The maximum absolute atomic E-state index is 13.2. The summed E-state index contributed by atoms with van der Waals surface area (Å²) in [5.74, 6) is -0.977. The minimum atomic E-state index is -3.57. The van der Waals surface area contributed by atoms with E-state index in [1.807, 2.05) is 0 Å². The van der Waals surface area contributed by atoms with Crippen LogP contribution in [0.5, 0.6) is 0 Å². The van der Waals surface area contributed by atoms with Crippen LogP contribution in [0.25, 0.3) is 0 Å². The van der Waals surface area contributed by atoms with Crippen molar-refractivity contribution in [1.82, 2.24) is 8.61 Å². The van der Waals surface area contributed by atoms with E-state index in [-0.39, 0.29) is 35.6 Å². The zero-order chi connectivity index (χ0) is 24.7. The molecule has 2 aliphatic rings. The van der Waals surface area contributed by atoms with Gasteiger partial charge in [-0.15, -0.1) is 0 Å². The third-order valence-electron chi connectivity index (χ3n) is 6.45. The maximum atomic E-state index is 13.2. The highest BCUT2D eigenvalue weighted by atomic mass is 32.2. The lowest BCUT2D eigenvalue weighted by atomic mass is 9.96. The number of carbonyl (C=O) groups is 1. The highest BCUT2D eigenvalue weighted by Gasteiger charge is 2.35. The summed E-state index contributed by atoms with van der Waals surface area (Å²) < 4.78 is 66.0. The molecule has 0 bridgehead atoms. The number of hydrogen-bond donors (Lipinski definition) is 0. The normalized spacial score (nSPS) is 17.8. The van der Waals surface area contributed by atoms with E-state index in [0.29, 0.717) is 37.1 Å². The molecule has 2 aromatic carbocycles. The molecule has 2 heterocycles. The molecule has 4 rings (SSSR count). The number of piperidine rings is 1. The molecule has 0 unspecified atom stereocenters. The molecule has 11 heteroatoms. The SMILES string of the molecule is CN(C)S(=O)(=O)c1ccc2c(c1)CCN2C(=O)C1CCN(S(=O)(=O)Cc2ccc(F)cc2)CC1. The van der Waals surface area contributed by atoms with Gasteiger partial charge in [-0.3, -0.25) is 4.79 Å². The molecule has 0 atom stereocenters. The van der Waals surface area contributed by atoms with E-state index >= 15 is 0 Å². The molecular formula is C23H28FN3O5S2. The summed E-state index contributed by atoms with van der Waals surface area (Å²) in [6.45, 7) is 0.976. The first-order valence-corrected chi connectivity index (χ1v) is 14.1. The van der Waals surface area contributed by atoms with Crippen LogP contribution in [0.2, 0.25) is 0 Å². The molecule has 0 N–H and O–H groups in total. The molecule has 0 aromatic heterocycles. The number of carbonyl (C=O) groups excluding carboxylic acids is 1. The van der Waals surface area contributed by atoms with E-state index in [9.17, 15) is 26.0 Å². The number of halogens is 1. The molecule has 1 fully saturated rings. The third kappa shape index (κ3) is 4.88. The number of fused-ring (bicyclic) bond motifs is 1. The first-order chi connectivity index (χ1) is 16.0. The summed E-state index contributed by atoms with van der Waals surface area (Å²) in [6, 6.07) is 10.2. The molecule has 1 saturated heterocycles. The van der Waals surface area contributed by atoms with Crippen molar-refractivity contribution in [3.8, 4) is 0 Å². The number of nitrogens with zero attached hydrogens (tertiary/aromatic N) is 3. The van der Waals surface area contributed by atoms with Gasteiger partial charge in [0, 0.05) is 45.3 Å². The second-order valence-corrected chi connectivity index (χ2v) is 13.0. The van der Waals surface area contributed by atoms with Crippen LogP contribution in [0.4, 0.5) is 10.1 Å². The van der Waals surface area contributed by atoms with E-state index in [2.05, 4.69) is 0 Å². The Labute approximate surface area is 200 Å². The van der Waals surface area contributed by atoms with Crippen LogP contribution in [0.3, 0.4) is 0 Å². The second kappa shape index (κ2) is 9.37. The van der Waals surface area contributed by atoms with E-state index in [4.69, 9.17) is 0 Å². The lowest BCUT2D eigenvalue weighted by molar-refractivity contribution is -0.123. The quantitative estimate of drug-likeness (QED) is 0.595. The van der Waals surface area contributed by atoms with Crippen molar-refractivity contribution in [2.45, 2.75) is 29.9 Å². The Kier molecular flexibility index (Phi) is 6.83. The van der Waals surface area contributed by atoms with Crippen LogP contribution in [0.15, 0.2) is 47.4 Å². The van der Waals surface area contributed by atoms with Crippen molar-refractivity contribution in [2.24, 2.45) is 5.92 Å². The fourth-order valence-corrected chi connectivity index (χ4v) is 6.98. The Bertz CT molecular complexity index is 1290. The number of amides is 1. The van der Waals surface area contributed by atoms with Gasteiger partial charge in [0.25, 0.3) is 0 Å². The smallest absolute Gasteiger partial charge is 0.242 e. The average Bonchev–Trinajstić information content (AvgIpc) is 3.23. The molecule has 0 saturated carbocycles. The van der Waals surface area contributed by atoms with E-state index in [1.54, 1.807) is 17.0 Å². The predicted molar refractivity (Wildman–Crippen MR) is 127 cm³/mol. The van der Waals surface area contributed by atoms with Crippen molar-refractivity contribution < 1.29 is 26.0 Å². The van der Waals surface area contributed by atoms with Crippen LogP contribution in [0.1, 0.15) is 24.0 Å². The van der Waals surface area contributed by atoms with Crippen molar-refractivity contribution >= 4 is 31.6 Å². The van der Waals surface area contributed by atoms with Crippen LogP contribution < -0.4 is 4.90 Å². The Hall–Kier alpha value is -2.34. The summed E-state index contributed by atoms with van der Waals surface area (Å²) in [4.78, 5) is 15.1. The molecule has 2 aromatic rings. The summed E-state index contributed by atoms with van der Waals surface area (Å²) in [5, 5.41) is 0. The third-order valence-corrected chi connectivity index (χ3v) is 10.1. The fraction of sp³-hybridized carbons (Fsp3) is 0.435.